The van der Waals surface area contributed by atoms with E-state index >= 15 is 0 Å². The minimum absolute atomic E-state index is 0.0538. The largest absolute Gasteiger partial charge is 0.493 e. The fraction of sp³-hybridized carbons (Fsp3) is 0.483. The Hall–Kier alpha value is -4.40. The Bertz CT molecular complexity index is 1540. The van der Waals surface area contributed by atoms with Gasteiger partial charge in [0.15, 0.2) is 28.7 Å². The van der Waals surface area contributed by atoms with E-state index in [0.717, 1.165) is 11.8 Å². The molecule has 15 heteroatoms. The summed E-state index contributed by atoms with van der Waals surface area (Å²) in [4.78, 5) is 69.8. The fourth-order valence-electron chi connectivity index (χ4n) is 5.37. The lowest BCUT2D eigenvalue weighted by Crippen LogP contribution is -2.49. The molecule has 2 aromatic heterocycles. The van der Waals surface area contributed by atoms with E-state index in [1.165, 1.54) is 33.8 Å². The topological polar surface area (TPSA) is 160 Å². The molecule has 2 saturated heterocycles. The number of amides is 3. The van der Waals surface area contributed by atoms with Gasteiger partial charge in [-0.3, -0.25) is 19.2 Å². The first-order valence-electron chi connectivity index (χ1n) is 14.3. The highest BCUT2D eigenvalue weighted by Crippen LogP contribution is 2.35. The molecule has 2 aliphatic rings. The van der Waals surface area contributed by atoms with Crippen LogP contribution in [0.2, 0.25) is 0 Å². The molecule has 4 heterocycles. The van der Waals surface area contributed by atoms with Gasteiger partial charge in [-0.1, -0.05) is 18.7 Å². The van der Waals surface area contributed by atoms with Gasteiger partial charge in [0.1, 0.15) is 18.1 Å². The van der Waals surface area contributed by atoms with Crippen LogP contribution in [0.4, 0.5) is 11.8 Å². The number of piperazine rings is 1. The van der Waals surface area contributed by atoms with Crippen molar-refractivity contribution >= 4 is 57.3 Å². The molecule has 1 aromatic carbocycles. The molecule has 3 amide bonds. The van der Waals surface area contributed by atoms with Crippen molar-refractivity contribution in [1.82, 2.24) is 24.8 Å². The predicted octanol–water partition coefficient (Wildman–Crippen LogP) is 2.44. The molecule has 44 heavy (non-hydrogen) atoms. The number of hydrogen-bond donors (Lipinski definition) is 1. The van der Waals surface area contributed by atoms with Gasteiger partial charge in [-0.2, -0.15) is 4.98 Å². The zero-order chi connectivity index (χ0) is 31.4. The highest BCUT2D eigenvalue weighted by atomic mass is 32.2. The second-order valence-corrected chi connectivity index (χ2v) is 11.8. The minimum Gasteiger partial charge on any atom is -0.493 e. The zero-order valence-corrected chi connectivity index (χ0v) is 25.9. The average molecular weight is 626 g/mol. The lowest BCUT2D eigenvalue weighted by atomic mass is 10.1. The lowest BCUT2D eigenvalue weighted by molar-refractivity contribution is -0.139. The average Bonchev–Trinajstić information content (AvgIpc) is 3.75. The first-order valence-corrected chi connectivity index (χ1v) is 15.3. The molecule has 0 spiro atoms. The Morgan fingerprint density at radius 3 is 2.45 bits per heavy atom. The first-order chi connectivity index (χ1) is 21.2. The molecule has 0 bridgehead atoms. The predicted molar refractivity (Wildman–Crippen MR) is 163 cm³/mol. The summed E-state index contributed by atoms with van der Waals surface area (Å²) in [5.74, 6) is 0.788. The number of aromatic nitrogens is 3. The van der Waals surface area contributed by atoms with Crippen LogP contribution >= 0.6 is 11.8 Å². The highest BCUT2D eigenvalue weighted by Gasteiger charge is 2.36. The van der Waals surface area contributed by atoms with Gasteiger partial charge in [0, 0.05) is 62.8 Å². The summed E-state index contributed by atoms with van der Waals surface area (Å²) >= 11 is 1.10. The van der Waals surface area contributed by atoms with E-state index in [9.17, 15) is 19.2 Å². The molecule has 1 N–H and O–H groups in total. The van der Waals surface area contributed by atoms with E-state index in [1.54, 1.807) is 28.9 Å². The molecule has 5 rings (SSSR count). The molecule has 0 radical (unpaired) electrons. The van der Waals surface area contributed by atoms with Crippen LogP contribution in [-0.2, 0) is 14.4 Å². The summed E-state index contributed by atoms with van der Waals surface area (Å²) in [7, 11) is 3.05. The number of methoxy groups -OCH3 is 2. The molecule has 234 valence electrons. The Morgan fingerprint density at radius 1 is 1.07 bits per heavy atom. The maximum atomic E-state index is 13.7. The minimum atomic E-state index is -0.674. The van der Waals surface area contributed by atoms with Crippen molar-refractivity contribution in [2.45, 2.75) is 32.7 Å². The third-order valence-electron chi connectivity index (χ3n) is 7.73. The number of hydrogen-bond acceptors (Lipinski definition) is 12. The van der Waals surface area contributed by atoms with E-state index in [4.69, 9.17) is 23.9 Å². The van der Waals surface area contributed by atoms with Crippen molar-refractivity contribution in [2.24, 2.45) is 5.92 Å². The molecule has 3 aromatic rings. The van der Waals surface area contributed by atoms with Crippen LogP contribution in [0.1, 0.15) is 37.2 Å². The molecule has 2 aliphatic heterocycles. The van der Waals surface area contributed by atoms with Crippen LogP contribution < -0.4 is 19.7 Å². The first kappa shape index (κ1) is 31.0. The van der Waals surface area contributed by atoms with Crippen LogP contribution in [0.3, 0.4) is 0 Å². The molecule has 14 nitrogen and oxygen atoms in total. The van der Waals surface area contributed by atoms with Gasteiger partial charge in [-0.05, 0) is 18.9 Å². The quantitative estimate of drug-likeness (QED) is 0.371. The maximum Gasteiger partial charge on any atom is 0.275 e. The number of fused-ring (bicyclic) bond motifs is 1. The summed E-state index contributed by atoms with van der Waals surface area (Å²) in [5, 5.41) is 3.45. The molecule has 2 fully saturated rings. The molecular weight excluding hydrogens is 590 g/mol. The SMILES string of the molecule is COc1cc2nc(N3CCN(C(=O)c4cocn4)CC3)nc(NC(=O)C3CCCN3C(=O)C(C)CSC(C)=O)c2cc1OC. The van der Waals surface area contributed by atoms with Crippen molar-refractivity contribution < 1.29 is 33.1 Å². The van der Waals surface area contributed by atoms with E-state index in [0.29, 0.717) is 79.7 Å². The highest BCUT2D eigenvalue weighted by molar-refractivity contribution is 8.13. The Kier molecular flexibility index (Phi) is 9.52. The molecule has 0 aliphatic carbocycles. The number of anilines is 2. The normalized spacial score (nSPS) is 17.5. The Labute approximate surface area is 258 Å². The summed E-state index contributed by atoms with van der Waals surface area (Å²) in [6.45, 7) is 5.45. The van der Waals surface area contributed by atoms with Crippen molar-refractivity contribution in [3.8, 4) is 11.5 Å². The van der Waals surface area contributed by atoms with Gasteiger partial charge >= 0.3 is 0 Å². The number of ether oxygens (including phenoxy) is 2. The second kappa shape index (κ2) is 13.5. The van der Waals surface area contributed by atoms with Crippen molar-refractivity contribution in [1.29, 1.82) is 0 Å². The summed E-state index contributed by atoms with van der Waals surface area (Å²) in [5.41, 5.74) is 0.774. The Morgan fingerprint density at radius 2 is 1.80 bits per heavy atom. The smallest absolute Gasteiger partial charge is 0.275 e. The van der Waals surface area contributed by atoms with Gasteiger partial charge in [0.25, 0.3) is 5.91 Å². The summed E-state index contributed by atoms with van der Waals surface area (Å²) in [6.07, 6.45) is 3.75. The summed E-state index contributed by atoms with van der Waals surface area (Å²) in [6, 6.07) is 2.76. The van der Waals surface area contributed by atoms with Crippen molar-refractivity contribution in [2.75, 3.05) is 62.9 Å². The number of nitrogens with one attached hydrogen (secondary N) is 1. The van der Waals surface area contributed by atoms with Crippen molar-refractivity contribution in [3.63, 3.8) is 0 Å². The van der Waals surface area contributed by atoms with Crippen LogP contribution in [0.15, 0.2) is 29.2 Å². The zero-order valence-electron chi connectivity index (χ0n) is 25.1. The maximum absolute atomic E-state index is 13.7. The monoisotopic (exact) mass is 625 g/mol. The number of oxazole rings is 1. The van der Waals surface area contributed by atoms with Crippen LogP contribution in [0.25, 0.3) is 10.9 Å². The molecule has 2 unspecified atom stereocenters. The van der Waals surface area contributed by atoms with Gasteiger partial charge in [-0.15, -0.1) is 0 Å². The third kappa shape index (κ3) is 6.56. The number of benzene rings is 1. The van der Waals surface area contributed by atoms with E-state index < -0.39 is 12.0 Å². The van der Waals surface area contributed by atoms with Crippen LogP contribution in [0.5, 0.6) is 11.5 Å². The molecule has 2 atom stereocenters. The molecular formula is C29H35N7O7S. The van der Waals surface area contributed by atoms with E-state index in [1.807, 2.05) is 4.90 Å². The van der Waals surface area contributed by atoms with Gasteiger partial charge < -0.3 is 33.9 Å². The lowest BCUT2D eigenvalue weighted by Gasteiger charge is -2.34. The number of nitrogens with zero attached hydrogens (tertiary/aromatic N) is 6. The van der Waals surface area contributed by atoms with Crippen LogP contribution in [0, 0.1) is 5.92 Å². The number of likely N-dealkylation sites (tertiary alicyclic amines) is 1. The van der Waals surface area contributed by atoms with E-state index in [-0.39, 0.29) is 34.3 Å². The number of carbonyl (C=O) groups is 4. The van der Waals surface area contributed by atoms with Crippen LogP contribution in [-0.4, -0.2) is 106 Å². The Balaban J connectivity index is 1.40. The fourth-order valence-corrected chi connectivity index (χ4v) is 6.00. The van der Waals surface area contributed by atoms with Crippen molar-refractivity contribution in [3.05, 3.63) is 30.5 Å². The second-order valence-electron chi connectivity index (χ2n) is 10.6. The number of carbonyl (C=O) groups excluding carboxylic acids is 4. The van der Waals surface area contributed by atoms with Gasteiger partial charge in [-0.25, -0.2) is 9.97 Å². The summed E-state index contributed by atoms with van der Waals surface area (Å²) < 4.78 is 15.9. The van der Waals surface area contributed by atoms with Gasteiger partial charge in [0.05, 0.1) is 19.7 Å². The standard InChI is InChI=1S/C29H35N7O7S/c1-17(15-44-18(2)37)27(39)36-7-5-6-22(36)26(38)32-25-19-12-23(41-3)24(42-4)13-20(19)31-29(33-25)35-10-8-34(9-11-35)28(40)21-14-43-16-30-21/h12-14,16-17,22H,5-11,15H2,1-4H3,(H,31,32,33,38). The third-order valence-corrected chi connectivity index (χ3v) is 8.80. The van der Waals surface area contributed by atoms with E-state index in [2.05, 4.69) is 10.3 Å². The van der Waals surface area contributed by atoms with Gasteiger partial charge in [0.2, 0.25) is 17.8 Å². The molecule has 0 saturated carbocycles. The number of rotatable bonds is 9. The number of thioether (sulfide) groups is 1.